The molecule has 0 aliphatic heterocycles. The molecule has 0 aromatic heterocycles. The van der Waals surface area contributed by atoms with Crippen LogP contribution in [0.4, 0.5) is 0 Å². The number of carbonyl (C=O) groups excluding carboxylic acids is 5. The Kier molecular flexibility index (Phi) is 22.3. The lowest BCUT2D eigenvalue weighted by atomic mass is 10.3. The second kappa shape index (κ2) is 24.0. The van der Waals surface area contributed by atoms with Gasteiger partial charge in [0, 0.05) is 72.0 Å². The van der Waals surface area contributed by atoms with E-state index in [-0.39, 0.29) is 62.0 Å². The van der Waals surface area contributed by atoms with Gasteiger partial charge in [-0.15, -0.1) is 0 Å². The van der Waals surface area contributed by atoms with Gasteiger partial charge < -0.3 is 43.7 Å². The van der Waals surface area contributed by atoms with E-state index in [0.29, 0.717) is 72.0 Å². The fourth-order valence-electron chi connectivity index (χ4n) is 3.65. The number of esters is 5. The van der Waals surface area contributed by atoms with E-state index in [4.69, 9.17) is 23.7 Å². The van der Waals surface area contributed by atoms with Crippen LogP contribution in [0.5, 0.6) is 0 Å². The predicted octanol–water partition coefficient (Wildman–Crippen LogP) is -0.702. The van der Waals surface area contributed by atoms with Gasteiger partial charge in [-0.1, -0.05) is 0 Å². The average molecular weight is 577 g/mol. The molecule has 0 aromatic carbocycles. The third-order valence-electron chi connectivity index (χ3n) is 6.24. The van der Waals surface area contributed by atoms with E-state index in [1.165, 1.54) is 35.5 Å². The van der Waals surface area contributed by atoms with Crippen LogP contribution in [0, 0.1) is 0 Å². The van der Waals surface area contributed by atoms with E-state index in [9.17, 15) is 24.0 Å². The molecule has 14 nitrogen and oxygen atoms in total. The molecule has 1 N–H and O–H groups in total. The van der Waals surface area contributed by atoms with Crippen LogP contribution in [0.15, 0.2) is 0 Å². The lowest BCUT2D eigenvalue weighted by Gasteiger charge is -2.27. The smallest absolute Gasteiger partial charge is 0.306 e. The molecule has 0 saturated carbocycles. The van der Waals surface area contributed by atoms with Crippen LogP contribution in [0.2, 0.25) is 0 Å². The van der Waals surface area contributed by atoms with Gasteiger partial charge in [0.1, 0.15) is 0 Å². The number of carbonyl (C=O) groups is 5. The summed E-state index contributed by atoms with van der Waals surface area (Å²) in [5.74, 6) is -1.60. The molecule has 0 saturated heterocycles. The van der Waals surface area contributed by atoms with Gasteiger partial charge in [-0.05, 0) is 0 Å². The van der Waals surface area contributed by atoms with Crippen molar-refractivity contribution in [3.63, 3.8) is 0 Å². The number of hydrogen-bond acceptors (Lipinski definition) is 14. The summed E-state index contributed by atoms with van der Waals surface area (Å²) >= 11 is 0. The summed E-state index contributed by atoms with van der Waals surface area (Å²) < 4.78 is 23.7. The summed E-state index contributed by atoms with van der Waals surface area (Å²) in [6.45, 7) is 5.96. The number of ether oxygens (including phenoxy) is 5. The number of nitrogens with one attached hydrogen (secondary N) is 1. The SMILES string of the molecule is COC(=O)CCN(CCNCCN(CCC(=O)OC)CCN(CCC(=O)OC)CCC(=O)OC)CCC(=O)OC. The molecule has 0 spiro atoms. The molecular weight excluding hydrogens is 528 g/mol. The predicted molar refractivity (Wildman–Crippen MR) is 145 cm³/mol. The van der Waals surface area contributed by atoms with Gasteiger partial charge in [-0.2, -0.15) is 0 Å². The molecule has 0 heterocycles. The zero-order chi connectivity index (χ0) is 30.2. The molecule has 40 heavy (non-hydrogen) atoms. The molecule has 0 rings (SSSR count). The average Bonchev–Trinajstić information content (AvgIpc) is 2.98. The Morgan fingerprint density at radius 2 is 0.625 bits per heavy atom. The molecule has 0 aliphatic carbocycles. The van der Waals surface area contributed by atoms with Gasteiger partial charge >= 0.3 is 29.8 Å². The molecule has 14 heteroatoms. The van der Waals surface area contributed by atoms with E-state index in [1.807, 2.05) is 9.80 Å². The number of nitrogens with zero attached hydrogens (tertiary/aromatic N) is 3. The Hall–Kier alpha value is -2.81. The lowest BCUT2D eigenvalue weighted by Crippen LogP contribution is -2.42. The summed E-state index contributed by atoms with van der Waals surface area (Å²) in [7, 11) is 6.69. The van der Waals surface area contributed by atoms with E-state index in [0.717, 1.165) is 0 Å². The highest BCUT2D eigenvalue weighted by Crippen LogP contribution is 2.01. The molecule has 0 bridgehead atoms. The zero-order valence-corrected chi connectivity index (χ0v) is 24.7. The zero-order valence-electron chi connectivity index (χ0n) is 24.7. The minimum absolute atomic E-state index is 0.198. The van der Waals surface area contributed by atoms with Crippen LogP contribution in [-0.4, -0.2) is 152 Å². The van der Waals surface area contributed by atoms with Gasteiger partial charge in [0.05, 0.1) is 67.7 Å². The van der Waals surface area contributed by atoms with Gasteiger partial charge in [0.15, 0.2) is 0 Å². The van der Waals surface area contributed by atoms with Crippen LogP contribution in [0.3, 0.4) is 0 Å². The summed E-state index contributed by atoms with van der Waals surface area (Å²) in [4.78, 5) is 64.2. The first-order valence-electron chi connectivity index (χ1n) is 13.4. The first-order chi connectivity index (χ1) is 19.2. The van der Waals surface area contributed by atoms with Crippen molar-refractivity contribution in [3.05, 3.63) is 0 Å². The van der Waals surface area contributed by atoms with E-state index < -0.39 is 0 Å². The van der Waals surface area contributed by atoms with Crippen molar-refractivity contribution in [2.75, 3.05) is 108 Å². The molecule has 0 fully saturated rings. The van der Waals surface area contributed by atoms with Crippen LogP contribution in [0.1, 0.15) is 32.1 Å². The fourth-order valence-corrected chi connectivity index (χ4v) is 3.65. The van der Waals surface area contributed by atoms with Gasteiger partial charge in [0.25, 0.3) is 0 Å². The van der Waals surface area contributed by atoms with Crippen molar-refractivity contribution in [3.8, 4) is 0 Å². The second-order valence-electron chi connectivity index (χ2n) is 8.91. The van der Waals surface area contributed by atoms with Crippen molar-refractivity contribution in [1.29, 1.82) is 0 Å². The largest absolute Gasteiger partial charge is 0.469 e. The van der Waals surface area contributed by atoms with Crippen LogP contribution < -0.4 is 5.32 Å². The number of rotatable bonds is 24. The fraction of sp³-hybridized carbons (Fsp3) is 0.808. The quantitative estimate of drug-likeness (QED) is 0.0875. The normalized spacial score (nSPS) is 11.0. The summed E-state index contributed by atoms with van der Waals surface area (Å²) in [5, 5.41) is 3.37. The van der Waals surface area contributed by atoms with Crippen molar-refractivity contribution in [2.24, 2.45) is 0 Å². The third kappa shape index (κ3) is 20.1. The molecule has 0 aromatic rings. The highest BCUT2D eigenvalue weighted by molar-refractivity contribution is 5.71. The maximum atomic E-state index is 11.7. The molecule has 0 aliphatic rings. The third-order valence-corrected chi connectivity index (χ3v) is 6.24. The van der Waals surface area contributed by atoms with Gasteiger partial charge in [0.2, 0.25) is 0 Å². The van der Waals surface area contributed by atoms with Crippen molar-refractivity contribution in [2.45, 2.75) is 32.1 Å². The minimum Gasteiger partial charge on any atom is -0.469 e. The van der Waals surface area contributed by atoms with E-state index in [2.05, 4.69) is 10.2 Å². The molecule has 0 atom stereocenters. The first kappa shape index (κ1) is 37.2. The molecule has 0 unspecified atom stereocenters. The highest BCUT2D eigenvalue weighted by atomic mass is 16.5. The van der Waals surface area contributed by atoms with E-state index in [1.54, 1.807) is 0 Å². The van der Waals surface area contributed by atoms with Crippen LogP contribution >= 0.6 is 0 Å². The van der Waals surface area contributed by atoms with Crippen molar-refractivity contribution < 1.29 is 47.7 Å². The van der Waals surface area contributed by atoms with Crippen molar-refractivity contribution >= 4 is 29.8 Å². The lowest BCUT2D eigenvalue weighted by molar-refractivity contribution is -0.142. The maximum absolute atomic E-state index is 11.7. The standard InChI is InChI=1S/C26H48N4O10/c1-36-22(31)6-13-28(14-7-23(32)37-2)18-11-27-12-19-30(17-10-26(35)40-5)21-20-29(15-8-24(33)38-3)16-9-25(34)39-4/h27H,6-21H2,1-5H3. The highest BCUT2D eigenvalue weighted by Gasteiger charge is 2.15. The summed E-state index contributed by atoms with van der Waals surface area (Å²) in [6, 6.07) is 0. The van der Waals surface area contributed by atoms with Crippen LogP contribution in [0.25, 0.3) is 0 Å². The number of hydrogen-bond donors (Lipinski definition) is 1. The summed E-state index contributed by atoms with van der Waals surface area (Å²) in [5.41, 5.74) is 0. The summed E-state index contributed by atoms with van der Waals surface area (Å²) in [6.07, 6.45) is 1.08. The molecule has 232 valence electrons. The van der Waals surface area contributed by atoms with Crippen LogP contribution in [-0.2, 0) is 47.7 Å². The molecule has 0 amide bonds. The minimum atomic E-state index is -0.331. The monoisotopic (exact) mass is 576 g/mol. The topological polar surface area (TPSA) is 153 Å². The Labute approximate surface area is 237 Å². The van der Waals surface area contributed by atoms with Crippen molar-refractivity contribution in [1.82, 2.24) is 20.0 Å². The number of methoxy groups -OCH3 is 5. The Morgan fingerprint density at radius 1 is 0.400 bits per heavy atom. The Bertz CT molecular complexity index is 713. The Balaban J connectivity index is 4.90. The maximum Gasteiger partial charge on any atom is 0.306 e. The molecule has 0 radical (unpaired) electrons. The Morgan fingerprint density at radius 3 is 0.875 bits per heavy atom. The van der Waals surface area contributed by atoms with Gasteiger partial charge in [-0.3, -0.25) is 24.0 Å². The van der Waals surface area contributed by atoms with E-state index >= 15 is 0 Å². The van der Waals surface area contributed by atoms with Gasteiger partial charge in [-0.25, -0.2) is 0 Å². The first-order valence-corrected chi connectivity index (χ1v) is 13.4. The second-order valence-corrected chi connectivity index (χ2v) is 8.91. The molecular formula is C26H48N4O10.